The summed E-state index contributed by atoms with van der Waals surface area (Å²) in [7, 11) is 0. The third-order valence-electron chi connectivity index (χ3n) is 3.85. The molecule has 2 N–H and O–H groups in total. The number of hydrogen-bond acceptors (Lipinski definition) is 3. The van der Waals surface area contributed by atoms with Crippen LogP contribution < -0.4 is 0 Å². The van der Waals surface area contributed by atoms with E-state index in [1.54, 1.807) is 12.4 Å². The number of carbonyl (C=O) groups excluding carboxylic acids is 1. The summed E-state index contributed by atoms with van der Waals surface area (Å²) in [5, 5.41) is 12.1. The van der Waals surface area contributed by atoms with E-state index in [2.05, 4.69) is 41.8 Å². The van der Waals surface area contributed by atoms with Crippen LogP contribution in [0.1, 0.15) is 15.9 Å². The Morgan fingerprint density at radius 3 is 1.89 bits per heavy atom. The van der Waals surface area contributed by atoms with E-state index in [9.17, 15) is 14.9 Å². The molecule has 0 spiro atoms. The van der Waals surface area contributed by atoms with Crippen LogP contribution in [0.3, 0.4) is 0 Å². The number of halogens is 2. The van der Waals surface area contributed by atoms with Crippen molar-refractivity contribution in [3.05, 3.63) is 85.2 Å². The fourth-order valence-electron chi connectivity index (χ4n) is 2.61. The molecule has 0 aliphatic carbocycles. The maximum Gasteiger partial charge on any atom is 0.235 e. The topological polar surface area (TPSA) is 91.8 Å². The molecule has 3 radical (unpaired) electrons. The zero-order chi connectivity index (χ0) is 19.4. The zero-order valence-electron chi connectivity index (χ0n) is 14.4. The lowest BCUT2D eigenvalue weighted by atomic mass is 10.2. The van der Waals surface area contributed by atoms with Gasteiger partial charge in [0.05, 0.1) is 4.92 Å². The highest BCUT2D eigenvalue weighted by Gasteiger charge is 2.02. The third-order valence-corrected chi connectivity index (χ3v) is 4.84. The molecule has 6 nitrogen and oxygen atoms in total. The number of benzene rings is 2. The number of aromatic nitrogens is 2. The Labute approximate surface area is 179 Å². The Kier molecular flexibility index (Phi) is 7.36. The second-order valence-electron chi connectivity index (χ2n) is 5.59. The Hall–Kier alpha value is -2.65. The molecule has 9 heteroatoms. The Bertz CT molecular complexity index is 1170. The van der Waals surface area contributed by atoms with Crippen LogP contribution in [0.5, 0.6) is 0 Å². The van der Waals surface area contributed by atoms with Gasteiger partial charge in [0.1, 0.15) is 0 Å². The fraction of sp³-hybridized carbons (Fsp3) is 0. The highest BCUT2D eigenvalue weighted by Crippen LogP contribution is 2.23. The van der Waals surface area contributed by atoms with Crippen LogP contribution in [0.2, 0.25) is 0 Å². The minimum absolute atomic E-state index is 0. The van der Waals surface area contributed by atoms with Gasteiger partial charge in [-0.3, -0.25) is 14.9 Å². The molecule has 0 saturated carbocycles. The lowest BCUT2D eigenvalue weighted by molar-refractivity contribution is -0.400. The molecule has 139 valence electrons. The number of carbonyl (C=O) groups is 1. The van der Waals surface area contributed by atoms with E-state index in [4.69, 9.17) is 0 Å². The minimum Gasteiger partial charge on any atom is -0.361 e. The van der Waals surface area contributed by atoms with Crippen molar-refractivity contribution in [2.75, 3.05) is 0 Å². The summed E-state index contributed by atoms with van der Waals surface area (Å²) < 4.78 is 1.93. The van der Waals surface area contributed by atoms with E-state index >= 15 is 0 Å². The third kappa shape index (κ3) is 4.99. The molecule has 0 saturated heterocycles. The van der Waals surface area contributed by atoms with Crippen molar-refractivity contribution in [1.29, 1.82) is 0 Å². The quantitative estimate of drug-likeness (QED) is 0.167. The molecule has 28 heavy (non-hydrogen) atoms. The minimum atomic E-state index is -0.475. The molecule has 0 bridgehead atoms. The van der Waals surface area contributed by atoms with Crippen LogP contribution in [0.4, 0.5) is 0 Å². The summed E-state index contributed by atoms with van der Waals surface area (Å²) in [6, 6.07) is 11.6. The number of nitrogens with one attached hydrogen (secondary N) is 2. The standard InChI is InChI=1S/C10H7BrN2O2.C9H6BrNO.B/c11-8-1-2-10-9(5-8)7(6-12-10)3-4-13(14)15;10-7-1-2-9-8(3-7)6(5-12)4-11-9;/h1-6,12H;1-5,11H;/b4-3-;;. The van der Waals surface area contributed by atoms with E-state index in [0.717, 1.165) is 48.8 Å². The summed E-state index contributed by atoms with van der Waals surface area (Å²) in [5.41, 5.74) is 3.45. The van der Waals surface area contributed by atoms with Crippen molar-refractivity contribution < 1.29 is 9.72 Å². The SMILES string of the molecule is O=Cc1c[nH]c2ccc(Br)cc12.O=[N+]([O-])/C=C\c1c[nH]c2ccc(Br)cc12.[B]. The molecular formula is C19H13BBr2N3O3. The van der Waals surface area contributed by atoms with Crippen molar-refractivity contribution in [1.82, 2.24) is 9.97 Å². The van der Waals surface area contributed by atoms with Crippen LogP contribution in [-0.2, 0) is 0 Å². The van der Waals surface area contributed by atoms with Crippen LogP contribution in [0.25, 0.3) is 27.9 Å². The smallest absolute Gasteiger partial charge is 0.235 e. The van der Waals surface area contributed by atoms with E-state index in [1.807, 2.05) is 36.4 Å². The molecule has 2 aromatic carbocycles. The van der Waals surface area contributed by atoms with Crippen molar-refractivity contribution >= 4 is 74.4 Å². The van der Waals surface area contributed by atoms with E-state index in [1.165, 1.54) is 6.08 Å². The molecule has 0 atom stereocenters. The lowest BCUT2D eigenvalue weighted by Gasteiger charge is -1.92. The second-order valence-corrected chi connectivity index (χ2v) is 7.42. The van der Waals surface area contributed by atoms with Crippen LogP contribution in [0, 0.1) is 10.1 Å². The Morgan fingerprint density at radius 2 is 1.39 bits per heavy atom. The van der Waals surface area contributed by atoms with Gasteiger partial charge in [0.2, 0.25) is 6.20 Å². The highest BCUT2D eigenvalue weighted by atomic mass is 79.9. The molecule has 0 aliphatic rings. The predicted molar refractivity (Wildman–Crippen MR) is 119 cm³/mol. The van der Waals surface area contributed by atoms with Gasteiger partial charge in [0.15, 0.2) is 6.29 Å². The second kappa shape index (κ2) is 9.52. The Morgan fingerprint density at radius 1 is 0.893 bits per heavy atom. The molecule has 4 aromatic rings. The summed E-state index contributed by atoms with van der Waals surface area (Å²) in [6.07, 6.45) is 6.72. The van der Waals surface area contributed by atoms with Crippen LogP contribution in [0.15, 0.2) is 63.9 Å². The van der Waals surface area contributed by atoms with Crippen LogP contribution >= 0.6 is 31.9 Å². The first kappa shape index (κ1) is 21.7. The number of rotatable bonds is 3. The van der Waals surface area contributed by atoms with Gasteiger partial charge >= 0.3 is 0 Å². The zero-order valence-corrected chi connectivity index (χ0v) is 17.5. The van der Waals surface area contributed by atoms with Gasteiger partial charge in [-0.1, -0.05) is 31.9 Å². The first-order valence-corrected chi connectivity index (χ1v) is 9.36. The van der Waals surface area contributed by atoms with Gasteiger partial charge in [0.25, 0.3) is 0 Å². The summed E-state index contributed by atoms with van der Waals surface area (Å²) in [4.78, 5) is 26.3. The molecule has 4 rings (SSSR count). The van der Waals surface area contributed by atoms with Gasteiger partial charge in [-0.2, -0.15) is 0 Å². The number of nitrogens with zero attached hydrogens (tertiary/aromatic N) is 1. The van der Waals surface area contributed by atoms with E-state index in [0.29, 0.717) is 5.56 Å². The summed E-state index contributed by atoms with van der Waals surface area (Å²) >= 11 is 6.71. The first-order valence-electron chi connectivity index (χ1n) is 7.78. The Balaban J connectivity index is 0.000000198. The maximum atomic E-state index is 10.6. The fourth-order valence-corrected chi connectivity index (χ4v) is 3.33. The van der Waals surface area contributed by atoms with Gasteiger partial charge in [-0.05, 0) is 36.4 Å². The van der Waals surface area contributed by atoms with Crippen molar-refractivity contribution in [3.8, 4) is 0 Å². The largest absolute Gasteiger partial charge is 0.361 e. The normalized spacial score (nSPS) is 10.5. The van der Waals surface area contributed by atoms with Crippen LogP contribution in [-0.4, -0.2) is 29.6 Å². The number of aromatic amines is 2. The number of fused-ring (bicyclic) bond motifs is 2. The number of H-pyrrole nitrogens is 2. The van der Waals surface area contributed by atoms with Crippen molar-refractivity contribution in [3.63, 3.8) is 0 Å². The van der Waals surface area contributed by atoms with Gasteiger partial charge < -0.3 is 9.97 Å². The molecule has 0 fully saturated rings. The number of nitro groups is 1. The molecule has 2 aromatic heterocycles. The van der Waals surface area contributed by atoms with Gasteiger partial charge in [0, 0.05) is 68.8 Å². The molecular weight excluding hydrogens is 489 g/mol. The monoisotopic (exact) mass is 500 g/mol. The summed E-state index contributed by atoms with van der Waals surface area (Å²) in [5.74, 6) is 0. The average Bonchev–Trinajstić information content (AvgIpc) is 3.23. The van der Waals surface area contributed by atoms with Gasteiger partial charge in [-0.25, -0.2) is 0 Å². The molecule has 2 heterocycles. The molecule has 0 aliphatic heterocycles. The highest BCUT2D eigenvalue weighted by molar-refractivity contribution is 9.10. The molecule has 0 unspecified atom stereocenters. The maximum absolute atomic E-state index is 10.6. The lowest BCUT2D eigenvalue weighted by Crippen LogP contribution is -1.81. The van der Waals surface area contributed by atoms with Crippen molar-refractivity contribution in [2.45, 2.75) is 0 Å². The number of aldehydes is 1. The van der Waals surface area contributed by atoms with Crippen molar-refractivity contribution in [2.24, 2.45) is 0 Å². The first-order chi connectivity index (χ1) is 13.0. The van der Waals surface area contributed by atoms with E-state index < -0.39 is 4.92 Å². The molecule has 0 amide bonds. The average molecular weight is 502 g/mol. The van der Waals surface area contributed by atoms with E-state index in [-0.39, 0.29) is 8.41 Å². The number of hydrogen-bond donors (Lipinski definition) is 2. The van der Waals surface area contributed by atoms with Gasteiger partial charge in [-0.15, -0.1) is 0 Å². The summed E-state index contributed by atoms with van der Waals surface area (Å²) in [6.45, 7) is 0. The predicted octanol–water partition coefficient (Wildman–Crippen LogP) is 5.54.